The molecule has 1 heterocycles. The highest BCUT2D eigenvalue weighted by Gasteiger charge is 2.35. The first kappa shape index (κ1) is 18.5. The average Bonchev–Trinajstić information content (AvgIpc) is 2.72. The van der Waals surface area contributed by atoms with Crippen LogP contribution in [0.1, 0.15) is 12.0 Å². The monoisotopic (exact) mass is 404 g/mol. The van der Waals surface area contributed by atoms with E-state index in [-0.39, 0.29) is 29.4 Å². The Morgan fingerprint density at radius 2 is 1.81 bits per heavy atom. The Hall–Kier alpha value is -2.26. The first-order valence-electron chi connectivity index (χ1n) is 7.39. The zero-order chi connectivity index (χ0) is 19.1. The molecule has 26 heavy (non-hydrogen) atoms. The third kappa shape index (κ3) is 3.36. The third-order valence-corrected chi connectivity index (χ3v) is 6.11. The Balaban J connectivity index is 2.16. The number of hydrogen-bond acceptors (Lipinski definition) is 3. The molecule has 0 aromatic heterocycles. The molecular weight excluding hydrogens is 393 g/mol. The predicted octanol–water partition coefficient (Wildman–Crippen LogP) is 3.90. The second-order valence-electron chi connectivity index (χ2n) is 5.54. The second kappa shape index (κ2) is 6.48. The summed E-state index contributed by atoms with van der Waals surface area (Å²) in [5.74, 6) is -0.398. The van der Waals surface area contributed by atoms with Crippen LogP contribution < -0.4 is 9.62 Å². The Morgan fingerprint density at radius 3 is 2.50 bits per heavy atom. The lowest BCUT2D eigenvalue weighted by molar-refractivity contribution is -0.137. The highest BCUT2D eigenvalue weighted by atomic mass is 35.5. The lowest BCUT2D eigenvalue weighted by Gasteiger charge is -2.24. The summed E-state index contributed by atoms with van der Waals surface area (Å²) in [6.45, 7) is -0.224. The molecule has 0 bridgehead atoms. The number of para-hydroxylation sites is 2. The van der Waals surface area contributed by atoms with Crippen LogP contribution in [0.25, 0.3) is 0 Å². The molecule has 0 fully saturated rings. The van der Waals surface area contributed by atoms with Crippen LogP contribution in [0.5, 0.6) is 0 Å². The molecule has 0 saturated heterocycles. The van der Waals surface area contributed by atoms with Gasteiger partial charge in [0.2, 0.25) is 5.91 Å². The Labute approximate surface area is 152 Å². The number of nitrogens with one attached hydrogen (secondary N) is 1. The number of halogens is 4. The van der Waals surface area contributed by atoms with Gasteiger partial charge in [-0.25, -0.2) is 8.42 Å². The number of nitrogens with zero attached hydrogens (tertiary/aromatic N) is 1. The average molecular weight is 405 g/mol. The van der Waals surface area contributed by atoms with Gasteiger partial charge in [-0.3, -0.25) is 9.10 Å². The molecule has 0 spiro atoms. The summed E-state index contributed by atoms with van der Waals surface area (Å²) >= 11 is 5.89. The summed E-state index contributed by atoms with van der Waals surface area (Å²) in [6.07, 6.45) is -4.87. The van der Waals surface area contributed by atoms with Crippen LogP contribution in [0.4, 0.5) is 24.5 Å². The lowest BCUT2D eigenvalue weighted by atomic mass is 10.2. The maximum absolute atomic E-state index is 13.0. The van der Waals surface area contributed by atoms with Crippen LogP contribution in [0.3, 0.4) is 0 Å². The fraction of sp³-hybridized carbons (Fsp3) is 0.188. The number of carbonyl (C=O) groups is 1. The van der Waals surface area contributed by atoms with Gasteiger partial charge in [-0.15, -0.1) is 0 Å². The lowest BCUT2D eigenvalue weighted by Crippen LogP contribution is -2.32. The Kier molecular flexibility index (Phi) is 4.61. The van der Waals surface area contributed by atoms with E-state index in [1.807, 2.05) is 0 Å². The predicted molar refractivity (Wildman–Crippen MR) is 90.7 cm³/mol. The third-order valence-electron chi connectivity index (χ3n) is 3.82. The molecule has 3 rings (SSSR count). The fourth-order valence-corrected chi connectivity index (χ4v) is 4.57. The van der Waals surface area contributed by atoms with Crippen LogP contribution >= 0.6 is 11.6 Å². The zero-order valence-corrected chi connectivity index (χ0v) is 14.6. The maximum atomic E-state index is 13.0. The molecule has 1 aliphatic rings. The topological polar surface area (TPSA) is 66.5 Å². The van der Waals surface area contributed by atoms with Crippen molar-refractivity contribution in [3.05, 3.63) is 53.1 Å². The number of amides is 1. The van der Waals surface area contributed by atoms with E-state index in [0.29, 0.717) is 12.1 Å². The highest BCUT2D eigenvalue weighted by Crippen LogP contribution is 2.37. The van der Waals surface area contributed by atoms with Gasteiger partial charge in [-0.1, -0.05) is 23.7 Å². The zero-order valence-electron chi connectivity index (χ0n) is 13.0. The van der Waals surface area contributed by atoms with Gasteiger partial charge in [0.15, 0.2) is 0 Å². The van der Waals surface area contributed by atoms with E-state index in [0.717, 1.165) is 10.4 Å². The van der Waals surface area contributed by atoms with Crippen molar-refractivity contribution in [2.45, 2.75) is 17.5 Å². The van der Waals surface area contributed by atoms with E-state index in [1.54, 1.807) is 12.1 Å². The van der Waals surface area contributed by atoms with Gasteiger partial charge in [0.25, 0.3) is 10.0 Å². The van der Waals surface area contributed by atoms with E-state index in [2.05, 4.69) is 5.32 Å². The molecule has 0 radical (unpaired) electrons. The molecule has 0 aliphatic carbocycles. The number of anilines is 2. The molecule has 1 N–H and O–H groups in total. The van der Waals surface area contributed by atoms with Gasteiger partial charge in [-0.2, -0.15) is 13.2 Å². The second-order valence-corrected chi connectivity index (χ2v) is 7.77. The summed E-state index contributed by atoms with van der Waals surface area (Å²) in [6, 6.07) is 8.24. The van der Waals surface area contributed by atoms with Crippen molar-refractivity contribution in [1.29, 1.82) is 0 Å². The quantitative estimate of drug-likeness (QED) is 0.825. The molecule has 0 saturated carbocycles. The molecule has 10 heteroatoms. The van der Waals surface area contributed by atoms with Crippen molar-refractivity contribution in [2.24, 2.45) is 0 Å². The molecule has 5 nitrogen and oxygen atoms in total. The van der Waals surface area contributed by atoms with Crippen LogP contribution in [-0.2, 0) is 21.0 Å². The molecule has 138 valence electrons. The maximum Gasteiger partial charge on any atom is 0.416 e. The van der Waals surface area contributed by atoms with Crippen LogP contribution in [-0.4, -0.2) is 20.9 Å². The number of carbonyl (C=O) groups excluding carboxylic acids is 1. The summed E-state index contributed by atoms with van der Waals surface area (Å²) in [7, 11) is -4.43. The minimum absolute atomic E-state index is 0.148. The van der Waals surface area contributed by atoms with Crippen molar-refractivity contribution >= 4 is 38.9 Å². The van der Waals surface area contributed by atoms with Crippen molar-refractivity contribution in [1.82, 2.24) is 0 Å². The van der Waals surface area contributed by atoms with E-state index in [4.69, 9.17) is 11.6 Å². The largest absolute Gasteiger partial charge is 0.416 e. The van der Waals surface area contributed by atoms with Gasteiger partial charge in [0.1, 0.15) is 4.90 Å². The summed E-state index contributed by atoms with van der Waals surface area (Å²) in [5, 5.41) is 2.23. The summed E-state index contributed by atoms with van der Waals surface area (Å²) in [5.41, 5.74) is -0.716. The van der Waals surface area contributed by atoms with Gasteiger partial charge >= 0.3 is 6.18 Å². The molecule has 0 unspecified atom stereocenters. The van der Waals surface area contributed by atoms with E-state index >= 15 is 0 Å². The molecule has 2 aromatic carbocycles. The molecule has 1 aliphatic heterocycles. The van der Waals surface area contributed by atoms with Gasteiger partial charge in [0, 0.05) is 13.0 Å². The highest BCUT2D eigenvalue weighted by molar-refractivity contribution is 7.93. The normalized spacial score (nSPS) is 15.2. The van der Waals surface area contributed by atoms with Crippen LogP contribution in [0, 0.1) is 0 Å². The molecular formula is C16H12ClF3N2O3S. The van der Waals surface area contributed by atoms with Gasteiger partial charge in [0.05, 0.1) is 22.0 Å². The molecule has 0 atom stereocenters. The Bertz CT molecular complexity index is 977. The van der Waals surface area contributed by atoms with Crippen molar-refractivity contribution in [3.63, 3.8) is 0 Å². The Morgan fingerprint density at radius 1 is 1.12 bits per heavy atom. The first-order valence-corrected chi connectivity index (χ1v) is 9.21. The number of hydrogen-bond donors (Lipinski definition) is 1. The molecule has 1 amide bonds. The van der Waals surface area contributed by atoms with E-state index in [9.17, 15) is 26.4 Å². The smallest absolute Gasteiger partial charge is 0.324 e. The van der Waals surface area contributed by atoms with Crippen molar-refractivity contribution < 1.29 is 26.4 Å². The standard InChI is InChI=1S/C16H12ClF3N2O3S/c17-11-6-5-10(16(18,19)20)9-14(11)26(24,25)22-8-7-15(23)21-12-3-1-2-4-13(12)22/h1-6,9H,7-8H2,(H,21,23). The minimum Gasteiger partial charge on any atom is -0.324 e. The van der Waals surface area contributed by atoms with Crippen molar-refractivity contribution in [2.75, 3.05) is 16.2 Å². The van der Waals surface area contributed by atoms with E-state index < -0.39 is 32.6 Å². The van der Waals surface area contributed by atoms with Crippen LogP contribution in [0.15, 0.2) is 47.4 Å². The van der Waals surface area contributed by atoms with Gasteiger partial charge < -0.3 is 5.32 Å². The fourth-order valence-electron chi connectivity index (χ4n) is 2.58. The molecule has 2 aromatic rings. The van der Waals surface area contributed by atoms with E-state index in [1.165, 1.54) is 12.1 Å². The van der Waals surface area contributed by atoms with Crippen molar-refractivity contribution in [3.8, 4) is 0 Å². The number of benzene rings is 2. The summed E-state index contributed by atoms with van der Waals surface area (Å²) in [4.78, 5) is 11.1. The number of alkyl halides is 3. The SMILES string of the molecule is O=C1CCN(S(=O)(=O)c2cc(C(F)(F)F)ccc2Cl)c2ccccc2N1. The summed E-state index contributed by atoms with van der Waals surface area (Å²) < 4.78 is 65.9. The van der Waals surface area contributed by atoms with Crippen LogP contribution in [0.2, 0.25) is 5.02 Å². The number of sulfonamides is 1. The number of rotatable bonds is 2. The minimum atomic E-state index is -4.72. The first-order chi connectivity index (χ1) is 12.1. The van der Waals surface area contributed by atoms with Gasteiger partial charge in [-0.05, 0) is 30.3 Å². The number of fused-ring (bicyclic) bond motifs is 1.